The number of nitrogens with zero attached hydrogens (tertiary/aromatic N) is 4. The van der Waals surface area contributed by atoms with Crippen LogP contribution in [0.15, 0.2) is 53.7 Å². The maximum atomic E-state index is 12.3. The van der Waals surface area contributed by atoms with Crippen LogP contribution < -0.4 is 15.0 Å². The van der Waals surface area contributed by atoms with Gasteiger partial charge in [0.05, 0.1) is 0 Å². The number of hydrogen-bond donors (Lipinski definition) is 1. The first-order valence-electron chi connectivity index (χ1n) is 9.35. The quantitative estimate of drug-likeness (QED) is 0.361. The van der Waals surface area contributed by atoms with Crippen molar-refractivity contribution in [3.05, 3.63) is 54.2 Å². The zero-order valence-electron chi connectivity index (χ0n) is 16.6. The predicted octanol–water partition coefficient (Wildman–Crippen LogP) is 3.54. The number of halogens is 4. The van der Waals surface area contributed by atoms with Crippen molar-refractivity contribution < 1.29 is 17.9 Å². The first-order chi connectivity index (χ1) is 13.9. The Hall–Kier alpha value is -2.24. The van der Waals surface area contributed by atoms with Gasteiger partial charge in [-0.15, -0.1) is 24.0 Å². The van der Waals surface area contributed by atoms with Crippen molar-refractivity contribution in [2.75, 3.05) is 44.7 Å². The first-order valence-corrected chi connectivity index (χ1v) is 9.35. The van der Waals surface area contributed by atoms with Crippen LogP contribution in [0.4, 0.5) is 19.0 Å². The number of rotatable bonds is 5. The van der Waals surface area contributed by atoms with Crippen LogP contribution in [0.1, 0.15) is 5.56 Å². The van der Waals surface area contributed by atoms with Crippen LogP contribution in [0, 0.1) is 0 Å². The molecule has 1 aromatic heterocycles. The summed E-state index contributed by atoms with van der Waals surface area (Å²) in [4.78, 5) is 13.1. The third kappa shape index (κ3) is 7.22. The van der Waals surface area contributed by atoms with Gasteiger partial charge in [-0.3, -0.25) is 4.99 Å². The molecule has 1 saturated heterocycles. The van der Waals surface area contributed by atoms with Gasteiger partial charge in [-0.2, -0.15) is 13.2 Å². The Morgan fingerprint density at radius 1 is 1.13 bits per heavy atom. The summed E-state index contributed by atoms with van der Waals surface area (Å²) in [5.41, 5.74) is 0.818. The molecule has 2 aromatic rings. The monoisotopic (exact) mass is 535 g/mol. The van der Waals surface area contributed by atoms with Crippen molar-refractivity contribution in [2.45, 2.75) is 12.7 Å². The first kappa shape index (κ1) is 24.0. The summed E-state index contributed by atoms with van der Waals surface area (Å²) < 4.78 is 41.8. The molecule has 0 saturated carbocycles. The van der Waals surface area contributed by atoms with E-state index in [2.05, 4.69) is 25.1 Å². The highest BCUT2D eigenvalue weighted by Gasteiger charge is 2.28. The second kappa shape index (κ2) is 11.2. The number of anilines is 1. The van der Waals surface area contributed by atoms with E-state index in [1.54, 1.807) is 25.4 Å². The van der Waals surface area contributed by atoms with Gasteiger partial charge in [0.2, 0.25) is 0 Å². The minimum atomic E-state index is -4.35. The van der Waals surface area contributed by atoms with E-state index in [1.807, 2.05) is 24.3 Å². The Kier molecular flexibility index (Phi) is 9.00. The normalized spacial score (nSPS) is 14.9. The number of aromatic nitrogens is 1. The fourth-order valence-corrected chi connectivity index (χ4v) is 3.11. The molecule has 3 rings (SSSR count). The van der Waals surface area contributed by atoms with Gasteiger partial charge in [-0.1, -0.05) is 18.2 Å². The number of aliphatic imine (C=N–C) groups is 1. The third-order valence-corrected chi connectivity index (χ3v) is 4.52. The van der Waals surface area contributed by atoms with Crippen LogP contribution in [0.3, 0.4) is 0 Å². The molecule has 0 aliphatic carbocycles. The molecule has 0 radical (unpaired) electrons. The average Bonchev–Trinajstić information content (AvgIpc) is 2.74. The lowest BCUT2D eigenvalue weighted by atomic mass is 10.2. The van der Waals surface area contributed by atoms with Crippen molar-refractivity contribution in [3.8, 4) is 5.75 Å². The Labute approximate surface area is 191 Å². The molecular formula is C20H25F3IN5O. The molecule has 6 nitrogen and oxygen atoms in total. The highest BCUT2D eigenvalue weighted by molar-refractivity contribution is 14.0. The summed E-state index contributed by atoms with van der Waals surface area (Å²) in [6.45, 7) is 2.40. The summed E-state index contributed by atoms with van der Waals surface area (Å²) in [6, 6.07) is 12.5. The molecule has 1 aliphatic heterocycles. The fraction of sp³-hybridized carbons (Fsp3) is 0.400. The van der Waals surface area contributed by atoms with Crippen molar-refractivity contribution >= 4 is 35.8 Å². The molecule has 0 spiro atoms. The fourth-order valence-electron chi connectivity index (χ4n) is 3.11. The predicted molar refractivity (Wildman–Crippen MR) is 122 cm³/mol. The largest absolute Gasteiger partial charge is 0.484 e. The maximum absolute atomic E-state index is 12.3. The minimum absolute atomic E-state index is 0. The molecule has 0 bridgehead atoms. The molecule has 0 amide bonds. The number of alkyl halides is 3. The smallest absolute Gasteiger partial charge is 0.422 e. The van der Waals surface area contributed by atoms with Crippen LogP contribution in [0.25, 0.3) is 0 Å². The zero-order valence-corrected chi connectivity index (χ0v) is 18.9. The van der Waals surface area contributed by atoms with Crippen molar-refractivity contribution in [1.29, 1.82) is 0 Å². The lowest BCUT2D eigenvalue weighted by Gasteiger charge is -2.37. The van der Waals surface area contributed by atoms with E-state index in [9.17, 15) is 13.2 Å². The zero-order chi connectivity index (χ0) is 20.7. The highest BCUT2D eigenvalue weighted by atomic mass is 127. The Bertz CT molecular complexity index is 812. The van der Waals surface area contributed by atoms with Gasteiger partial charge in [0.1, 0.15) is 11.6 Å². The van der Waals surface area contributed by atoms with E-state index >= 15 is 0 Å². The summed E-state index contributed by atoms with van der Waals surface area (Å²) in [6.07, 6.45) is -2.57. The summed E-state index contributed by atoms with van der Waals surface area (Å²) >= 11 is 0. The van der Waals surface area contributed by atoms with E-state index in [1.165, 1.54) is 6.07 Å². The van der Waals surface area contributed by atoms with Gasteiger partial charge in [0.25, 0.3) is 0 Å². The molecule has 10 heteroatoms. The van der Waals surface area contributed by atoms with Gasteiger partial charge < -0.3 is 19.9 Å². The molecule has 1 aromatic carbocycles. The van der Waals surface area contributed by atoms with Gasteiger partial charge in [-0.25, -0.2) is 4.98 Å². The second-order valence-electron chi connectivity index (χ2n) is 6.61. The van der Waals surface area contributed by atoms with Gasteiger partial charge in [-0.05, 0) is 29.8 Å². The number of ether oxygens (including phenoxy) is 1. The van der Waals surface area contributed by atoms with Crippen molar-refractivity contribution in [3.63, 3.8) is 0 Å². The molecule has 0 unspecified atom stereocenters. The topological polar surface area (TPSA) is 53.0 Å². The lowest BCUT2D eigenvalue weighted by Crippen LogP contribution is -2.52. The highest BCUT2D eigenvalue weighted by Crippen LogP contribution is 2.19. The molecule has 1 fully saturated rings. The summed E-state index contributed by atoms with van der Waals surface area (Å²) in [5, 5.41) is 3.27. The Morgan fingerprint density at radius 2 is 1.90 bits per heavy atom. The van der Waals surface area contributed by atoms with E-state index in [4.69, 9.17) is 4.74 Å². The maximum Gasteiger partial charge on any atom is 0.422 e. The van der Waals surface area contributed by atoms with E-state index in [-0.39, 0.29) is 29.7 Å². The van der Waals surface area contributed by atoms with Crippen LogP contribution >= 0.6 is 24.0 Å². The van der Waals surface area contributed by atoms with Crippen LogP contribution in [-0.2, 0) is 6.54 Å². The molecule has 1 aliphatic rings. The lowest BCUT2D eigenvalue weighted by molar-refractivity contribution is -0.153. The van der Waals surface area contributed by atoms with E-state index < -0.39 is 12.8 Å². The molecule has 30 heavy (non-hydrogen) atoms. The van der Waals surface area contributed by atoms with Crippen LogP contribution in [0.2, 0.25) is 0 Å². The number of pyridine rings is 1. The van der Waals surface area contributed by atoms with E-state index in [0.29, 0.717) is 6.54 Å². The SMILES string of the molecule is CN=C(NCc1cccc(OCC(F)(F)F)c1)N1CCN(c2ccccn2)CC1.I. The number of nitrogens with one attached hydrogen (secondary N) is 1. The summed E-state index contributed by atoms with van der Waals surface area (Å²) in [5.74, 6) is 1.92. The number of hydrogen-bond acceptors (Lipinski definition) is 4. The Morgan fingerprint density at radius 3 is 2.53 bits per heavy atom. The average molecular weight is 535 g/mol. The second-order valence-corrected chi connectivity index (χ2v) is 6.61. The van der Waals surface area contributed by atoms with Crippen molar-refractivity contribution in [1.82, 2.24) is 15.2 Å². The molecular weight excluding hydrogens is 510 g/mol. The molecule has 164 valence electrons. The molecule has 2 heterocycles. The Balaban J connectivity index is 0.00000320. The van der Waals surface area contributed by atoms with Gasteiger partial charge in [0.15, 0.2) is 12.6 Å². The number of guanidine groups is 1. The van der Waals surface area contributed by atoms with Crippen LogP contribution in [0.5, 0.6) is 5.75 Å². The van der Waals surface area contributed by atoms with E-state index in [0.717, 1.165) is 43.5 Å². The minimum Gasteiger partial charge on any atom is -0.484 e. The molecule has 0 atom stereocenters. The third-order valence-electron chi connectivity index (χ3n) is 4.52. The van der Waals surface area contributed by atoms with Gasteiger partial charge >= 0.3 is 6.18 Å². The van der Waals surface area contributed by atoms with Gasteiger partial charge in [0, 0.05) is 46.0 Å². The summed E-state index contributed by atoms with van der Waals surface area (Å²) in [7, 11) is 1.72. The number of benzene rings is 1. The standard InChI is InChI=1S/C20H24F3N5O.HI/c1-24-19(28-11-9-27(10-12-28)18-7-2-3-8-25-18)26-14-16-5-4-6-17(13-16)29-15-20(21,22)23;/h2-8,13H,9-12,14-15H2,1H3,(H,24,26);1H. The van der Waals surface area contributed by atoms with Crippen LogP contribution in [-0.4, -0.2) is 61.9 Å². The number of piperazine rings is 1. The van der Waals surface area contributed by atoms with Crippen molar-refractivity contribution in [2.24, 2.45) is 4.99 Å². The molecule has 1 N–H and O–H groups in total.